The van der Waals surface area contributed by atoms with E-state index in [1.165, 1.54) is 7.11 Å². The number of hydrogen-bond donors (Lipinski definition) is 2. The van der Waals surface area contributed by atoms with Crippen LogP contribution in [0.25, 0.3) is 0 Å². The highest BCUT2D eigenvalue weighted by atomic mass is 16.5. The number of hydrogen-bond acceptors (Lipinski definition) is 8. The summed E-state index contributed by atoms with van der Waals surface area (Å²) in [6, 6.07) is 6.16. The number of piperidine rings is 1. The fourth-order valence-electron chi connectivity index (χ4n) is 5.30. The van der Waals surface area contributed by atoms with Crippen LogP contribution in [-0.2, 0) is 18.8 Å². The van der Waals surface area contributed by atoms with Crippen LogP contribution in [0.4, 0.5) is 0 Å². The van der Waals surface area contributed by atoms with E-state index in [2.05, 4.69) is 14.9 Å². The molecule has 0 amide bonds. The third-order valence-corrected chi connectivity index (χ3v) is 6.77. The minimum Gasteiger partial charge on any atom is -0.496 e. The van der Waals surface area contributed by atoms with Gasteiger partial charge in [0.25, 0.3) is 0 Å². The van der Waals surface area contributed by atoms with E-state index in [0.717, 1.165) is 50.0 Å². The molecule has 2 fully saturated rings. The van der Waals surface area contributed by atoms with Gasteiger partial charge in [0, 0.05) is 43.2 Å². The largest absolute Gasteiger partial charge is 0.496 e. The van der Waals surface area contributed by atoms with Crippen LogP contribution >= 0.6 is 0 Å². The molecule has 31 heavy (non-hydrogen) atoms. The Morgan fingerprint density at radius 1 is 1.10 bits per heavy atom. The summed E-state index contributed by atoms with van der Waals surface area (Å²) in [5.74, 6) is 1.19. The number of fused-ring (bicyclic) bond motifs is 2. The van der Waals surface area contributed by atoms with Gasteiger partial charge >= 0.3 is 6.01 Å². The maximum Gasteiger partial charge on any atom is 0.319 e. The van der Waals surface area contributed by atoms with Gasteiger partial charge in [0.05, 0.1) is 33.5 Å². The average Bonchev–Trinajstić information content (AvgIpc) is 2.79. The molecule has 2 bridgehead atoms. The second-order valence-corrected chi connectivity index (χ2v) is 8.43. The van der Waals surface area contributed by atoms with Crippen molar-refractivity contribution in [3.05, 3.63) is 41.1 Å². The summed E-state index contributed by atoms with van der Waals surface area (Å²) < 4.78 is 15.9. The Morgan fingerprint density at radius 2 is 1.84 bits per heavy atom. The number of methoxy groups -OCH3 is 3. The second kappa shape index (κ2) is 8.98. The lowest BCUT2D eigenvalue weighted by molar-refractivity contribution is -0.149. The topological polar surface area (TPSA) is 97.2 Å². The van der Waals surface area contributed by atoms with Crippen molar-refractivity contribution in [2.45, 2.75) is 38.0 Å². The first kappa shape index (κ1) is 21.8. The van der Waals surface area contributed by atoms with Crippen molar-refractivity contribution >= 4 is 0 Å². The molecule has 1 aromatic carbocycles. The SMILES string of the molecule is COc1ncc(C2(O)C3CCCC2CN(Cc2ccc(OC)c(CO)c2)C3)c(OC)n1. The summed E-state index contributed by atoms with van der Waals surface area (Å²) in [6.45, 7) is 2.24. The van der Waals surface area contributed by atoms with E-state index < -0.39 is 5.60 Å². The smallest absolute Gasteiger partial charge is 0.319 e. The zero-order valence-electron chi connectivity index (χ0n) is 18.4. The first-order valence-electron chi connectivity index (χ1n) is 10.7. The normalized spacial score (nSPS) is 25.8. The Hall–Kier alpha value is -2.42. The van der Waals surface area contributed by atoms with Crippen LogP contribution < -0.4 is 14.2 Å². The van der Waals surface area contributed by atoms with Crippen molar-refractivity contribution in [2.75, 3.05) is 34.4 Å². The lowest BCUT2D eigenvalue weighted by Gasteiger charge is -2.53. The highest BCUT2D eigenvalue weighted by Gasteiger charge is 2.53. The Morgan fingerprint density at radius 3 is 2.45 bits per heavy atom. The van der Waals surface area contributed by atoms with Crippen molar-refractivity contribution in [3.63, 3.8) is 0 Å². The van der Waals surface area contributed by atoms with Crippen LogP contribution in [0.2, 0.25) is 0 Å². The molecule has 1 saturated heterocycles. The van der Waals surface area contributed by atoms with Crippen molar-refractivity contribution in [2.24, 2.45) is 11.8 Å². The average molecular weight is 430 g/mol. The van der Waals surface area contributed by atoms with Gasteiger partial charge in [0.1, 0.15) is 11.4 Å². The molecule has 4 rings (SSSR count). The number of likely N-dealkylation sites (tertiary alicyclic amines) is 1. The summed E-state index contributed by atoms with van der Waals surface area (Å²) in [6.07, 6.45) is 4.62. The molecule has 2 heterocycles. The lowest BCUT2D eigenvalue weighted by Crippen LogP contribution is -2.58. The minimum atomic E-state index is -1.03. The fourth-order valence-corrected chi connectivity index (χ4v) is 5.30. The molecule has 8 nitrogen and oxygen atoms in total. The van der Waals surface area contributed by atoms with Crippen molar-refractivity contribution in [3.8, 4) is 17.6 Å². The zero-order valence-corrected chi connectivity index (χ0v) is 18.4. The number of aromatic nitrogens is 2. The Labute approximate surface area is 182 Å². The molecule has 1 saturated carbocycles. The summed E-state index contributed by atoms with van der Waals surface area (Å²) in [5, 5.41) is 21.6. The van der Waals surface area contributed by atoms with Crippen LogP contribution in [-0.4, -0.2) is 59.5 Å². The molecule has 2 unspecified atom stereocenters. The molecule has 1 aliphatic carbocycles. The van der Waals surface area contributed by atoms with Crippen LogP contribution in [0.5, 0.6) is 17.6 Å². The number of aliphatic hydroxyl groups excluding tert-OH is 1. The van der Waals surface area contributed by atoms with Gasteiger partial charge in [0.2, 0.25) is 5.88 Å². The fraction of sp³-hybridized carbons (Fsp3) is 0.565. The molecular formula is C23H31N3O5. The summed E-state index contributed by atoms with van der Waals surface area (Å²) in [7, 11) is 4.68. The molecule has 0 spiro atoms. The minimum absolute atomic E-state index is 0.0563. The van der Waals surface area contributed by atoms with Crippen LogP contribution in [0, 0.1) is 11.8 Å². The second-order valence-electron chi connectivity index (χ2n) is 8.43. The van der Waals surface area contributed by atoms with E-state index in [1.807, 2.05) is 18.2 Å². The number of nitrogens with zero attached hydrogens (tertiary/aromatic N) is 3. The van der Waals surface area contributed by atoms with Gasteiger partial charge in [0.15, 0.2) is 0 Å². The van der Waals surface area contributed by atoms with Crippen molar-refractivity contribution in [1.29, 1.82) is 0 Å². The molecule has 8 heteroatoms. The quantitative estimate of drug-likeness (QED) is 0.691. The zero-order chi connectivity index (χ0) is 22.0. The van der Waals surface area contributed by atoms with E-state index in [0.29, 0.717) is 17.2 Å². The van der Waals surface area contributed by atoms with E-state index in [1.54, 1.807) is 20.4 Å². The number of aliphatic hydroxyl groups is 2. The first-order chi connectivity index (χ1) is 15.0. The third kappa shape index (κ3) is 3.95. The number of rotatable bonds is 7. The predicted octanol–water partition coefficient (Wildman–Crippen LogP) is 2.11. The summed E-state index contributed by atoms with van der Waals surface area (Å²) in [5.41, 5.74) is 1.53. The number of benzene rings is 1. The molecule has 168 valence electrons. The van der Waals surface area contributed by atoms with Crippen molar-refractivity contribution in [1.82, 2.24) is 14.9 Å². The van der Waals surface area contributed by atoms with E-state index in [4.69, 9.17) is 14.2 Å². The van der Waals surface area contributed by atoms with Gasteiger partial charge in [-0.25, -0.2) is 4.98 Å². The maximum atomic E-state index is 12.0. The molecular weight excluding hydrogens is 398 g/mol. The van der Waals surface area contributed by atoms with Gasteiger partial charge in [-0.3, -0.25) is 4.90 Å². The molecule has 2 atom stereocenters. The molecule has 1 aromatic heterocycles. The third-order valence-electron chi connectivity index (χ3n) is 6.77. The Bertz CT molecular complexity index is 908. The van der Waals surface area contributed by atoms with E-state index >= 15 is 0 Å². The molecule has 2 aromatic rings. The highest BCUT2D eigenvalue weighted by Crippen LogP contribution is 2.51. The monoisotopic (exact) mass is 429 g/mol. The molecule has 2 N–H and O–H groups in total. The highest BCUT2D eigenvalue weighted by molar-refractivity contribution is 5.37. The van der Waals surface area contributed by atoms with Gasteiger partial charge in [-0.15, -0.1) is 0 Å². The van der Waals surface area contributed by atoms with Gasteiger partial charge < -0.3 is 24.4 Å². The standard InChI is InChI=1S/C23H31N3O5/c1-29-20-8-7-15(9-16(20)14-27)11-26-12-17-5-4-6-18(13-26)23(17,28)19-10-24-22(31-3)25-21(19)30-2/h7-10,17-18,27-28H,4-6,11-14H2,1-3H3. The lowest BCUT2D eigenvalue weighted by atomic mass is 9.63. The molecule has 1 aliphatic heterocycles. The molecule has 2 aliphatic rings. The van der Waals surface area contributed by atoms with Gasteiger partial charge in [-0.2, -0.15) is 4.98 Å². The van der Waals surface area contributed by atoms with Crippen molar-refractivity contribution < 1.29 is 24.4 Å². The van der Waals surface area contributed by atoms with Crippen LogP contribution in [0.3, 0.4) is 0 Å². The molecule has 0 radical (unpaired) electrons. The van der Waals surface area contributed by atoms with E-state index in [-0.39, 0.29) is 24.5 Å². The number of ether oxygens (including phenoxy) is 3. The Balaban J connectivity index is 1.58. The van der Waals surface area contributed by atoms with Gasteiger partial charge in [-0.1, -0.05) is 12.5 Å². The van der Waals surface area contributed by atoms with Crippen LogP contribution in [0.15, 0.2) is 24.4 Å². The summed E-state index contributed by atoms with van der Waals surface area (Å²) >= 11 is 0. The van der Waals surface area contributed by atoms with E-state index in [9.17, 15) is 10.2 Å². The first-order valence-corrected chi connectivity index (χ1v) is 10.7. The maximum absolute atomic E-state index is 12.0. The van der Waals surface area contributed by atoms with Crippen LogP contribution in [0.1, 0.15) is 36.0 Å². The Kier molecular flexibility index (Phi) is 6.31. The van der Waals surface area contributed by atoms with Gasteiger partial charge in [-0.05, 0) is 30.5 Å². The summed E-state index contributed by atoms with van der Waals surface area (Å²) in [4.78, 5) is 11.0. The predicted molar refractivity (Wildman–Crippen MR) is 114 cm³/mol.